The van der Waals surface area contributed by atoms with E-state index >= 15 is 0 Å². The number of amides is 1. The second-order valence-electron chi connectivity index (χ2n) is 6.54. The average Bonchev–Trinajstić information content (AvgIpc) is 2.53. The smallest absolute Gasteiger partial charge is 0.232 e. The van der Waals surface area contributed by atoms with Gasteiger partial charge in [-0.05, 0) is 62.4 Å². The first-order valence-electron chi connectivity index (χ1n) is 8.21. The van der Waals surface area contributed by atoms with E-state index in [0.717, 1.165) is 36.4 Å². The van der Waals surface area contributed by atoms with E-state index in [4.69, 9.17) is 0 Å². The van der Waals surface area contributed by atoms with E-state index in [2.05, 4.69) is 34.7 Å². The molecule has 5 heteroatoms. The van der Waals surface area contributed by atoms with Crippen LogP contribution < -0.4 is 9.62 Å². The van der Waals surface area contributed by atoms with Crippen LogP contribution in [0.1, 0.15) is 39.2 Å². The molecule has 4 nitrogen and oxygen atoms in total. The van der Waals surface area contributed by atoms with Crippen LogP contribution in [0.5, 0.6) is 0 Å². The Morgan fingerprint density at radius 3 is 2.43 bits per heavy atom. The number of rotatable bonds is 5. The van der Waals surface area contributed by atoms with E-state index in [0.29, 0.717) is 5.78 Å². The Bertz CT molecular complexity index is 578. The van der Waals surface area contributed by atoms with Gasteiger partial charge in [0.25, 0.3) is 0 Å². The lowest BCUT2D eigenvalue weighted by Crippen LogP contribution is -2.35. The third-order valence-electron chi connectivity index (χ3n) is 4.38. The summed E-state index contributed by atoms with van der Waals surface area (Å²) in [5.41, 5.74) is 2.36. The SMILES string of the molecule is CC(=O)C1CCN(c2ccc(SNC(=O)C(C)C)c(C)c2)CC1. The van der Waals surface area contributed by atoms with Crippen molar-refractivity contribution in [2.24, 2.45) is 11.8 Å². The Hall–Kier alpha value is -1.49. The van der Waals surface area contributed by atoms with Crippen LogP contribution in [0.25, 0.3) is 0 Å². The minimum Gasteiger partial charge on any atom is -0.371 e. The third kappa shape index (κ3) is 4.74. The molecule has 0 aromatic heterocycles. The van der Waals surface area contributed by atoms with Crippen LogP contribution >= 0.6 is 11.9 Å². The van der Waals surface area contributed by atoms with Crippen LogP contribution in [-0.2, 0) is 9.59 Å². The lowest BCUT2D eigenvalue weighted by molar-refractivity contribution is -0.122. The molecule has 23 heavy (non-hydrogen) atoms. The Kier molecular flexibility index (Phi) is 6.10. The normalized spacial score (nSPS) is 15.8. The monoisotopic (exact) mass is 334 g/mol. The van der Waals surface area contributed by atoms with Crippen LogP contribution in [0.15, 0.2) is 23.1 Å². The number of hydrogen-bond donors (Lipinski definition) is 1. The molecule has 0 bridgehead atoms. The van der Waals surface area contributed by atoms with Crippen molar-refractivity contribution in [2.75, 3.05) is 18.0 Å². The largest absolute Gasteiger partial charge is 0.371 e. The van der Waals surface area contributed by atoms with Gasteiger partial charge in [0, 0.05) is 35.5 Å². The Balaban J connectivity index is 1.97. The van der Waals surface area contributed by atoms with Crippen molar-refractivity contribution in [1.82, 2.24) is 4.72 Å². The number of carbonyl (C=O) groups is 2. The van der Waals surface area contributed by atoms with Crippen molar-refractivity contribution in [3.63, 3.8) is 0 Å². The molecule has 0 aliphatic carbocycles. The second-order valence-corrected chi connectivity index (χ2v) is 7.39. The molecule has 0 saturated carbocycles. The fraction of sp³-hybridized carbons (Fsp3) is 0.556. The summed E-state index contributed by atoms with van der Waals surface area (Å²) >= 11 is 1.38. The van der Waals surface area contributed by atoms with Crippen molar-refractivity contribution < 1.29 is 9.59 Å². The fourth-order valence-corrected chi connectivity index (χ4v) is 3.51. The number of hydrogen-bond acceptors (Lipinski definition) is 4. The first-order chi connectivity index (χ1) is 10.9. The summed E-state index contributed by atoms with van der Waals surface area (Å²) in [4.78, 5) is 26.5. The van der Waals surface area contributed by atoms with Crippen molar-refractivity contribution in [3.05, 3.63) is 23.8 Å². The zero-order valence-corrected chi connectivity index (χ0v) is 15.2. The van der Waals surface area contributed by atoms with E-state index in [9.17, 15) is 9.59 Å². The van der Waals surface area contributed by atoms with Crippen molar-refractivity contribution in [2.45, 2.75) is 45.4 Å². The van der Waals surface area contributed by atoms with Crippen molar-refractivity contribution in [1.29, 1.82) is 0 Å². The van der Waals surface area contributed by atoms with Gasteiger partial charge in [0.15, 0.2) is 0 Å². The van der Waals surface area contributed by atoms with Crippen molar-refractivity contribution >= 4 is 29.3 Å². The van der Waals surface area contributed by atoms with Crippen LogP contribution in [-0.4, -0.2) is 24.8 Å². The van der Waals surface area contributed by atoms with Gasteiger partial charge in [-0.25, -0.2) is 0 Å². The summed E-state index contributed by atoms with van der Waals surface area (Å²) in [6.07, 6.45) is 1.88. The van der Waals surface area contributed by atoms with Crippen LogP contribution in [0.2, 0.25) is 0 Å². The number of nitrogens with zero attached hydrogens (tertiary/aromatic N) is 1. The molecule has 0 atom stereocenters. The van der Waals surface area contributed by atoms with Gasteiger partial charge in [0.2, 0.25) is 5.91 Å². The third-order valence-corrected chi connectivity index (χ3v) is 5.36. The molecule has 1 saturated heterocycles. The van der Waals surface area contributed by atoms with Crippen LogP contribution in [0.4, 0.5) is 5.69 Å². The van der Waals surface area contributed by atoms with Crippen LogP contribution in [0, 0.1) is 18.8 Å². The maximum absolute atomic E-state index is 11.7. The number of benzene rings is 1. The molecule has 1 fully saturated rings. The molecular formula is C18H26N2O2S. The van der Waals surface area contributed by atoms with E-state index in [1.54, 1.807) is 6.92 Å². The van der Waals surface area contributed by atoms with Crippen molar-refractivity contribution in [3.8, 4) is 0 Å². The summed E-state index contributed by atoms with van der Waals surface area (Å²) < 4.78 is 2.88. The zero-order chi connectivity index (χ0) is 17.0. The molecule has 126 valence electrons. The standard InChI is InChI=1S/C18H26N2O2S/c1-12(2)18(22)19-23-17-6-5-16(11-13(17)3)20-9-7-15(8-10-20)14(4)21/h5-6,11-12,15H,7-10H2,1-4H3,(H,19,22). The van der Waals surface area contributed by atoms with E-state index in [1.165, 1.54) is 17.6 Å². The maximum atomic E-state index is 11.7. The van der Waals surface area contributed by atoms with Gasteiger partial charge in [-0.15, -0.1) is 0 Å². The van der Waals surface area contributed by atoms with Gasteiger partial charge in [-0.2, -0.15) is 0 Å². The fourth-order valence-electron chi connectivity index (χ4n) is 2.71. The number of nitrogens with one attached hydrogen (secondary N) is 1. The highest BCUT2D eigenvalue weighted by molar-refractivity contribution is 7.98. The number of ketones is 1. The number of anilines is 1. The predicted octanol–water partition coefficient (Wildman–Crippen LogP) is 3.58. The summed E-state index contributed by atoms with van der Waals surface area (Å²) in [5, 5.41) is 0. The molecule has 0 radical (unpaired) electrons. The highest BCUT2D eigenvalue weighted by Gasteiger charge is 2.22. The molecule has 1 aromatic rings. The van der Waals surface area contributed by atoms with E-state index < -0.39 is 0 Å². The highest BCUT2D eigenvalue weighted by Crippen LogP contribution is 2.28. The number of aryl methyl sites for hydroxylation is 1. The molecule has 0 unspecified atom stereocenters. The first-order valence-corrected chi connectivity index (χ1v) is 9.03. The minimum absolute atomic E-state index is 0.00958. The minimum atomic E-state index is -0.00958. The molecule has 1 aromatic carbocycles. The number of Topliss-reactive ketones (excluding diaryl/α,β-unsaturated/α-hetero) is 1. The second kappa shape index (κ2) is 7.86. The predicted molar refractivity (Wildman–Crippen MR) is 95.6 cm³/mol. The lowest BCUT2D eigenvalue weighted by atomic mass is 9.93. The topological polar surface area (TPSA) is 49.4 Å². The molecule has 0 spiro atoms. The molecule has 1 aliphatic heterocycles. The highest BCUT2D eigenvalue weighted by atomic mass is 32.2. The van der Waals surface area contributed by atoms with Gasteiger partial charge in [0.1, 0.15) is 5.78 Å². The Morgan fingerprint density at radius 1 is 1.26 bits per heavy atom. The van der Waals surface area contributed by atoms with Crippen LogP contribution in [0.3, 0.4) is 0 Å². The Morgan fingerprint density at radius 2 is 1.91 bits per heavy atom. The van der Waals surface area contributed by atoms with Gasteiger partial charge in [-0.1, -0.05) is 13.8 Å². The maximum Gasteiger partial charge on any atom is 0.232 e. The van der Waals surface area contributed by atoms with Gasteiger partial charge >= 0.3 is 0 Å². The Labute approximate surface area is 143 Å². The molecular weight excluding hydrogens is 308 g/mol. The van der Waals surface area contributed by atoms with Gasteiger partial charge in [-0.3, -0.25) is 14.3 Å². The number of carbonyl (C=O) groups excluding carboxylic acids is 2. The summed E-state index contributed by atoms with van der Waals surface area (Å²) in [6, 6.07) is 6.33. The number of piperidine rings is 1. The first kappa shape index (κ1) is 17.9. The zero-order valence-electron chi connectivity index (χ0n) is 14.4. The molecule has 1 N–H and O–H groups in total. The molecule has 1 amide bonds. The van der Waals surface area contributed by atoms with E-state index in [-0.39, 0.29) is 17.7 Å². The van der Waals surface area contributed by atoms with Gasteiger partial charge < -0.3 is 4.90 Å². The summed E-state index contributed by atoms with van der Waals surface area (Å²) in [7, 11) is 0. The molecule has 1 aliphatic rings. The summed E-state index contributed by atoms with van der Waals surface area (Å²) in [5.74, 6) is 0.580. The van der Waals surface area contributed by atoms with E-state index in [1.807, 2.05) is 13.8 Å². The lowest BCUT2D eigenvalue weighted by Gasteiger charge is -2.33. The average molecular weight is 334 g/mol. The quantitative estimate of drug-likeness (QED) is 0.836. The molecule has 2 rings (SSSR count). The molecule has 1 heterocycles. The summed E-state index contributed by atoms with van der Waals surface area (Å²) in [6.45, 7) is 9.39. The van der Waals surface area contributed by atoms with Gasteiger partial charge in [0.05, 0.1) is 0 Å².